The molecule has 120 valence electrons. The molecule has 2 N–H and O–H groups in total. The van der Waals surface area contributed by atoms with E-state index in [2.05, 4.69) is 49.2 Å². The van der Waals surface area contributed by atoms with Gasteiger partial charge in [-0.3, -0.25) is 5.01 Å². The van der Waals surface area contributed by atoms with E-state index in [1.165, 1.54) is 16.7 Å². The molecular weight excluding hydrogens is 286 g/mol. The maximum atomic E-state index is 5.84. The molecule has 3 rings (SSSR count). The topological polar surface area (TPSA) is 50.9 Å². The summed E-state index contributed by atoms with van der Waals surface area (Å²) in [5, 5.41) is 6.87. The SMILES string of the molecule is COc1ccc(C2CC(CN)=NN2c2ccc(C)cc2C)cc1. The molecule has 0 amide bonds. The minimum absolute atomic E-state index is 0.181. The van der Waals surface area contributed by atoms with E-state index in [0.29, 0.717) is 6.54 Å². The molecule has 2 aromatic carbocycles. The van der Waals surface area contributed by atoms with E-state index in [-0.39, 0.29) is 6.04 Å². The lowest BCUT2D eigenvalue weighted by atomic mass is 10.0. The van der Waals surface area contributed by atoms with Crippen LogP contribution in [0.3, 0.4) is 0 Å². The normalized spacial score (nSPS) is 17.3. The highest BCUT2D eigenvalue weighted by Gasteiger charge is 2.29. The summed E-state index contributed by atoms with van der Waals surface area (Å²) in [6.45, 7) is 4.73. The molecule has 0 saturated carbocycles. The maximum absolute atomic E-state index is 5.84. The first-order valence-corrected chi connectivity index (χ1v) is 7.89. The zero-order valence-electron chi connectivity index (χ0n) is 13.9. The largest absolute Gasteiger partial charge is 0.497 e. The number of hydrogen-bond donors (Lipinski definition) is 1. The summed E-state index contributed by atoms with van der Waals surface area (Å²) in [5.41, 5.74) is 11.7. The predicted molar refractivity (Wildman–Crippen MR) is 95.2 cm³/mol. The van der Waals surface area contributed by atoms with Gasteiger partial charge >= 0.3 is 0 Å². The minimum Gasteiger partial charge on any atom is -0.497 e. The monoisotopic (exact) mass is 309 g/mol. The van der Waals surface area contributed by atoms with Gasteiger partial charge in [0.05, 0.1) is 24.6 Å². The van der Waals surface area contributed by atoms with E-state index in [1.807, 2.05) is 12.1 Å². The second-order valence-corrected chi connectivity index (χ2v) is 6.00. The van der Waals surface area contributed by atoms with Crippen LogP contribution in [0.5, 0.6) is 5.75 Å². The quantitative estimate of drug-likeness (QED) is 0.939. The van der Waals surface area contributed by atoms with Crippen LogP contribution in [0.1, 0.15) is 29.2 Å². The molecule has 1 heterocycles. The third-order valence-electron chi connectivity index (χ3n) is 4.31. The molecule has 2 aromatic rings. The highest BCUT2D eigenvalue weighted by atomic mass is 16.5. The number of methoxy groups -OCH3 is 1. The van der Waals surface area contributed by atoms with Crippen LogP contribution in [0.25, 0.3) is 0 Å². The van der Waals surface area contributed by atoms with Gasteiger partial charge in [-0.2, -0.15) is 5.10 Å². The van der Waals surface area contributed by atoms with Crippen molar-refractivity contribution in [2.24, 2.45) is 10.8 Å². The average Bonchev–Trinajstić information content (AvgIpc) is 2.99. The zero-order valence-corrected chi connectivity index (χ0v) is 13.9. The van der Waals surface area contributed by atoms with Gasteiger partial charge in [0, 0.05) is 13.0 Å². The molecule has 23 heavy (non-hydrogen) atoms. The summed E-state index contributed by atoms with van der Waals surface area (Å²) < 4.78 is 5.26. The molecule has 4 nitrogen and oxygen atoms in total. The first-order valence-electron chi connectivity index (χ1n) is 7.89. The number of ether oxygens (including phenoxy) is 1. The van der Waals surface area contributed by atoms with Crippen molar-refractivity contribution in [2.75, 3.05) is 18.7 Å². The van der Waals surface area contributed by atoms with Crippen molar-refractivity contribution in [3.63, 3.8) is 0 Å². The van der Waals surface area contributed by atoms with E-state index >= 15 is 0 Å². The van der Waals surface area contributed by atoms with E-state index in [0.717, 1.165) is 23.6 Å². The van der Waals surface area contributed by atoms with Crippen LogP contribution in [0.2, 0.25) is 0 Å². The van der Waals surface area contributed by atoms with E-state index < -0.39 is 0 Å². The molecule has 0 radical (unpaired) electrons. The third kappa shape index (κ3) is 3.08. The van der Waals surface area contributed by atoms with Gasteiger partial charge in [-0.15, -0.1) is 0 Å². The lowest BCUT2D eigenvalue weighted by molar-refractivity contribution is 0.414. The van der Waals surface area contributed by atoms with Crippen LogP contribution in [0, 0.1) is 13.8 Å². The Bertz CT molecular complexity index is 722. The van der Waals surface area contributed by atoms with Crippen LogP contribution in [0.4, 0.5) is 5.69 Å². The lowest BCUT2D eigenvalue weighted by Gasteiger charge is -2.26. The van der Waals surface area contributed by atoms with Crippen LogP contribution in [-0.2, 0) is 0 Å². The van der Waals surface area contributed by atoms with Gasteiger partial charge in [0.2, 0.25) is 0 Å². The number of nitrogens with two attached hydrogens (primary N) is 1. The zero-order chi connectivity index (χ0) is 16.4. The van der Waals surface area contributed by atoms with Crippen molar-refractivity contribution < 1.29 is 4.74 Å². The van der Waals surface area contributed by atoms with Gasteiger partial charge in [0.15, 0.2) is 0 Å². The Balaban J connectivity index is 1.98. The Hall–Kier alpha value is -2.33. The summed E-state index contributed by atoms with van der Waals surface area (Å²) in [7, 11) is 1.68. The Morgan fingerprint density at radius 2 is 1.91 bits per heavy atom. The molecule has 0 aliphatic carbocycles. The predicted octanol–water partition coefficient (Wildman–Crippen LogP) is 3.58. The van der Waals surface area contributed by atoms with E-state index in [4.69, 9.17) is 15.6 Å². The van der Waals surface area contributed by atoms with Gasteiger partial charge in [-0.05, 0) is 43.2 Å². The Labute approximate surface area is 137 Å². The molecule has 0 bridgehead atoms. The second kappa shape index (κ2) is 6.42. The summed E-state index contributed by atoms with van der Waals surface area (Å²) in [5.74, 6) is 0.866. The third-order valence-corrected chi connectivity index (χ3v) is 4.31. The highest BCUT2D eigenvalue weighted by Crippen LogP contribution is 2.37. The summed E-state index contributed by atoms with van der Waals surface area (Å²) in [6, 6.07) is 14.8. The van der Waals surface area contributed by atoms with Crippen LogP contribution >= 0.6 is 0 Å². The van der Waals surface area contributed by atoms with Crippen molar-refractivity contribution in [3.05, 3.63) is 59.2 Å². The van der Waals surface area contributed by atoms with Gasteiger partial charge < -0.3 is 10.5 Å². The summed E-state index contributed by atoms with van der Waals surface area (Å²) in [6.07, 6.45) is 0.857. The standard InChI is InChI=1S/C19H23N3O/c1-13-4-9-18(14(2)10-13)22-19(11-16(12-20)21-22)15-5-7-17(23-3)8-6-15/h4-10,19H,11-12,20H2,1-3H3. The molecule has 1 atom stereocenters. The molecule has 0 aromatic heterocycles. The smallest absolute Gasteiger partial charge is 0.118 e. The van der Waals surface area contributed by atoms with Gasteiger partial charge in [0.25, 0.3) is 0 Å². The molecule has 0 spiro atoms. The molecule has 1 aliphatic rings. The molecule has 1 unspecified atom stereocenters. The summed E-state index contributed by atoms with van der Waals surface area (Å²) >= 11 is 0. The van der Waals surface area contributed by atoms with Gasteiger partial charge in [-0.1, -0.05) is 29.8 Å². The van der Waals surface area contributed by atoms with Crippen molar-refractivity contribution in [3.8, 4) is 5.75 Å². The van der Waals surface area contributed by atoms with Crippen molar-refractivity contribution in [2.45, 2.75) is 26.3 Å². The summed E-state index contributed by atoms with van der Waals surface area (Å²) in [4.78, 5) is 0. The Kier molecular flexibility index (Phi) is 4.35. The van der Waals surface area contributed by atoms with Crippen molar-refractivity contribution >= 4 is 11.4 Å². The number of hydrogen-bond acceptors (Lipinski definition) is 4. The van der Waals surface area contributed by atoms with Gasteiger partial charge in [0.1, 0.15) is 5.75 Å². The minimum atomic E-state index is 0.181. The number of benzene rings is 2. The van der Waals surface area contributed by atoms with E-state index in [1.54, 1.807) is 7.11 Å². The molecule has 4 heteroatoms. The highest BCUT2D eigenvalue weighted by molar-refractivity contribution is 5.90. The number of nitrogens with zero attached hydrogens (tertiary/aromatic N) is 2. The number of aryl methyl sites for hydroxylation is 2. The van der Waals surface area contributed by atoms with Crippen molar-refractivity contribution in [1.82, 2.24) is 0 Å². The van der Waals surface area contributed by atoms with Crippen LogP contribution < -0.4 is 15.5 Å². The fourth-order valence-electron chi connectivity index (χ4n) is 3.07. The number of hydrazone groups is 1. The Morgan fingerprint density at radius 1 is 1.17 bits per heavy atom. The van der Waals surface area contributed by atoms with Crippen LogP contribution in [0.15, 0.2) is 47.6 Å². The first kappa shape index (κ1) is 15.6. The fourth-order valence-corrected chi connectivity index (χ4v) is 3.07. The molecule has 0 saturated heterocycles. The van der Waals surface area contributed by atoms with E-state index in [9.17, 15) is 0 Å². The number of rotatable bonds is 4. The second-order valence-electron chi connectivity index (χ2n) is 6.00. The molecule has 1 aliphatic heterocycles. The first-order chi connectivity index (χ1) is 11.1. The lowest BCUT2D eigenvalue weighted by Crippen LogP contribution is -2.19. The van der Waals surface area contributed by atoms with Crippen LogP contribution in [-0.4, -0.2) is 19.4 Å². The van der Waals surface area contributed by atoms with Gasteiger partial charge in [-0.25, -0.2) is 0 Å². The molecular formula is C19H23N3O. The van der Waals surface area contributed by atoms with Crippen molar-refractivity contribution in [1.29, 1.82) is 0 Å². The number of anilines is 1. The maximum Gasteiger partial charge on any atom is 0.118 e. The fraction of sp³-hybridized carbons (Fsp3) is 0.316. The Morgan fingerprint density at radius 3 is 2.52 bits per heavy atom. The average molecular weight is 309 g/mol. The molecule has 0 fully saturated rings.